The average Bonchev–Trinajstić information content (AvgIpc) is 3.48. The van der Waals surface area contributed by atoms with Crippen LogP contribution in [0.25, 0.3) is 0 Å². The summed E-state index contributed by atoms with van der Waals surface area (Å²) in [6.45, 7) is 3.67. The highest BCUT2D eigenvalue weighted by Crippen LogP contribution is 2.29. The lowest BCUT2D eigenvalue weighted by Gasteiger charge is -2.37. The van der Waals surface area contributed by atoms with Crippen LogP contribution in [-0.2, 0) is 0 Å². The third kappa shape index (κ3) is 5.64. The van der Waals surface area contributed by atoms with E-state index >= 15 is 0 Å². The molecule has 2 aromatic carbocycles. The summed E-state index contributed by atoms with van der Waals surface area (Å²) in [4.78, 5) is 44.9. The number of rotatable bonds is 5. The zero-order valence-corrected chi connectivity index (χ0v) is 21.2. The first kappa shape index (κ1) is 24.9. The maximum Gasteiger partial charge on any atom is 0.289 e. The fraction of sp³-hybridized carbons (Fsp3) is 0.321. The molecule has 192 valence electrons. The normalized spacial score (nSPS) is 16.0. The molecule has 3 heterocycles. The maximum absolute atomic E-state index is 13.6. The molecule has 2 fully saturated rings. The number of nitrogens with zero attached hydrogens (tertiary/aromatic N) is 3. The first-order valence-corrected chi connectivity index (χ1v) is 13.0. The Kier molecular flexibility index (Phi) is 7.46. The van der Waals surface area contributed by atoms with E-state index in [4.69, 9.17) is 16.0 Å². The minimum Gasteiger partial charge on any atom is -0.459 e. The van der Waals surface area contributed by atoms with Crippen LogP contribution in [0.3, 0.4) is 0 Å². The van der Waals surface area contributed by atoms with Gasteiger partial charge >= 0.3 is 0 Å². The molecule has 2 aliphatic rings. The van der Waals surface area contributed by atoms with Gasteiger partial charge in [0.15, 0.2) is 5.76 Å². The van der Waals surface area contributed by atoms with E-state index in [-0.39, 0.29) is 17.7 Å². The molecule has 37 heavy (non-hydrogen) atoms. The van der Waals surface area contributed by atoms with Crippen molar-refractivity contribution in [2.24, 2.45) is 0 Å². The van der Waals surface area contributed by atoms with Gasteiger partial charge in [0.05, 0.1) is 11.8 Å². The van der Waals surface area contributed by atoms with Crippen LogP contribution in [0.1, 0.15) is 50.5 Å². The SMILES string of the molecule is O=C(Nc1ccc(N2CCN(C(=O)c3ccco3)CC2)c(C(=O)N2CCCCC2)c1)c1ccc(Cl)cc1. The molecule has 0 spiro atoms. The monoisotopic (exact) mass is 520 g/mol. The summed E-state index contributed by atoms with van der Waals surface area (Å²) < 4.78 is 5.26. The largest absolute Gasteiger partial charge is 0.459 e. The van der Waals surface area contributed by atoms with E-state index in [1.165, 1.54) is 6.26 Å². The third-order valence-electron chi connectivity index (χ3n) is 6.87. The molecular formula is C28H29ClN4O4. The number of hydrogen-bond acceptors (Lipinski definition) is 5. The first-order chi connectivity index (χ1) is 18.0. The Morgan fingerprint density at radius 2 is 1.49 bits per heavy atom. The van der Waals surface area contributed by atoms with Gasteiger partial charge in [-0.2, -0.15) is 0 Å². The van der Waals surface area contributed by atoms with Crippen LogP contribution in [-0.4, -0.2) is 66.8 Å². The van der Waals surface area contributed by atoms with Crippen molar-refractivity contribution in [3.05, 3.63) is 82.8 Å². The van der Waals surface area contributed by atoms with Gasteiger partial charge in [0.2, 0.25) is 0 Å². The Morgan fingerprint density at radius 1 is 0.784 bits per heavy atom. The minimum atomic E-state index is -0.272. The van der Waals surface area contributed by atoms with Crippen molar-refractivity contribution in [2.75, 3.05) is 49.5 Å². The van der Waals surface area contributed by atoms with Gasteiger partial charge in [-0.05, 0) is 73.9 Å². The molecule has 9 heteroatoms. The Labute approximate surface area is 220 Å². The predicted octanol–water partition coefficient (Wildman–Crippen LogP) is 4.77. The molecule has 0 radical (unpaired) electrons. The number of likely N-dealkylation sites (tertiary alicyclic amines) is 1. The molecule has 2 saturated heterocycles. The first-order valence-electron chi connectivity index (χ1n) is 12.6. The molecule has 1 N–H and O–H groups in total. The van der Waals surface area contributed by atoms with Crippen molar-refractivity contribution < 1.29 is 18.8 Å². The highest BCUT2D eigenvalue weighted by molar-refractivity contribution is 6.30. The Hall–Kier alpha value is -3.78. The Morgan fingerprint density at radius 3 is 2.16 bits per heavy atom. The second-order valence-electron chi connectivity index (χ2n) is 9.30. The Balaban J connectivity index is 1.36. The van der Waals surface area contributed by atoms with Crippen molar-refractivity contribution in [2.45, 2.75) is 19.3 Å². The summed E-state index contributed by atoms with van der Waals surface area (Å²) >= 11 is 5.94. The van der Waals surface area contributed by atoms with Crippen LogP contribution >= 0.6 is 11.6 Å². The quantitative estimate of drug-likeness (QED) is 0.523. The van der Waals surface area contributed by atoms with Crippen molar-refractivity contribution >= 4 is 40.7 Å². The van der Waals surface area contributed by atoms with Crippen LogP contribution in [0.15, 0.2) is 65.3 Å². The molecule has 3 aromatic rings. The summed E-state index contributed by atoms with van der Waals surface area (Å²) in [6.07, 6.45) is 4.60. The number of carbonyl (C=O) groups excluding carboxylic acids is 3. The second-order valence-corrected chi connectivity index (χ2v) is 9.74. The van der Waals surface area contributed by atoms with E-state index in [0.717, 1.165) is 38.0 Å². The highest BCUT2D eigenvalue weighted by atomic mass is 35.5. The predicted molar refractivity (Wildman–Crippen MR) is 142 cm³/mol. The van der Waals surface area contributed by atoms with Crippen LogP contribution < -0.4 is 10.2 Å². The number of furan rings is 1. The standard InChI is InChI=1S/C28H29ClN4O4/c29-21-8-6-20(7-9-21)26(34)30-22-10-11-24(23(19-22)27(35)32-12-2-1-3-13-32)31-14-16-33(17-15-31)28(36)25-5-4-18-37-25/h4-11,18-19H,1-3,12-17H2,(H,30,34). The summed E-state index contributed by atoms with van der Waals surface area (Å²) in [5.74, 6) is -0.109. The fourth-order valence-electron chi connectivity index (χ4n) is 4.84. The number of carbonyl (C=O) groups is 3. The van der Waals surface area contributed by atoms with Crippen LogP contribution in [0.5, 0.6) is 0 Å². The van der Waals surface area contributed by atoms with E-state index < -0.39 is 0 Å². The lowest BCUT2D eigenvalue weighted by Crippen LogP contribution is -2.49. The summed E-state index contributed by atoms with van der Waals surface area (Å²) in [5.41, 5.74) is 2.40. The average molecular weight is 521 g/mol. The van der Waals surface area contributed by atoms with Crippen molar-refractivity contribution in [3.8, 4) is 0 Å². The van der Waals surface area contributed by atoms with Gasteiger partial charge in [0.1, 0.15) is 0 Å². The van der Waals surface area contributed by atoms with E-state index in [0.29, 0.717) is 53.8 Å². The van der Waals surface area contributed by atoms with Gasteiger partial charge in [-0.25, -0.2) is 0 Å². The van der Waals surface area contributed by atoms with Crippen molar-refractivity contribution in [3.63, 3.8) is 0 Å². The third-order valence-corrected chi connectivity index (χ3v) is 7.13. The lowest BCUT2D eigenvalue weighted by molar-refractivity contribution is 0.0705. The molecule has 0 bridgehead atoms. The van der Waals surface area contributed by atoms with E-state index in [1.807, 2.05) is 17.0 Å². The van der Waals surface area contributed by atoms with Gasteiger partial charge in [0.25, 0.3) is 17.7 Å². The zero-order chi connectivity index (χ0) is 25.8. The van der Waals surface area contributed by atoms with Crippen LogP contribution in [0.4, 0.5) is 11.4 Å². The molecule has 0 unspecified atom stereocenters. The molecule has 8 nitrogen and oxygen atoms in total. The van der Waals surface area contributed by atoms with Crippen molar-refractivity contribution in [1.82, 2.24) is 9.80 Å². The fourth-order valence-corrected chi connectivity index (χ4v) is 4.97. The van der Waals surface area contributed by atoms with Crippen LogP contribution in [0, 0.1) is 0 Å². The molecule has 0 aliphatic carbocycles. The smallest absolute Gasteiger partial charge is 0.289 e. The number of piperidine rings is 1. The summed E-state index contributed by atoms with van der Waals surface area (Å²) in [7, 11) is 0. The molecular weight excluding hydrogens is 492 g/mol. The lowest BCUT2D eigenvalue weighted by atomic mass is 10.1. The number of nitrogens with one attached hydrogen (secondary N) is 1. The second kappa shape index (κ2) is 11.1. The molecule has 2 aliphatic heterocycles. The topological polar surface area (TPSA) is 86.1 Å². The number of halogens is 1. The number of anilines is 2. The Bertz CT molecular complexity index is 1260. The van der Waals surface area contributed by atoms with E-state index in [9.17, 15) is 14.4 Å². The number of hydrogen-bond donors (Lipinski definition) is 1. The van der Waals surface area contributed by atoms with E-state index in [1.54, 1.807) is 47.4 Å². The zero-order valence-electron chi connectivity index (χ0n) is 20.5. The van der Waals surface area contributed by atoms with Gasteiger partial charge in [-0.15, -0.1) is 0 Å². The minimum absolute atomic E-state index is 0.0358. The van der Waals surface area contributed by atoms with E-state index in [2.05, 4.69) is 10.2 Å². The van der Waals surface area contributed by atoms with Crippen LogP contribution in [0.2, 0.25) is 5.02 Å². The number of benzene rings is 2. The van der Waals surface area contributed by atoms with Gasteiger partial charge in [-0.3, -0.25) is 14.4 Å². The highest BCUT2D eigenvalue weighted by Gasteiger charge is 2.28. The van der Waals surface area contributed by atoms with Gasteiger partial charge in [-0.1, -0.05) is 11.6 Å². The summed E-state index contributed by atoms with van der Waals surface area (Å²) in [5, 5.41) is 3.47. The number of piperazine rings is 1. The maximum atomic E-state index is 13.6. The molecule has 5 rings (SSSR count). The number of amides is 3. The summed E-state index contributed by atoms with van der Waals surface area (Å²) in [6, 6.07) is 15.5. The molecule has 3 amide bonds. The molecule has 1 aromatic heterocycles. The molecule has 0 saturated carbocycles. The van der Waals surface area contributed by atoms with Gasteiger partial charge in [0, 0.05) is 61.2 Å². The van der Waals surface area contributed by atoms with Crippen molar-refractivity contribution in [1.29, 1.82) is 0 Å². The van der Waals surface area contributed by atoms with Gasteiger partial charge < -0.3 is 24.4 Å². The molecule has 0 atom stereocenters.